The van der Waals surface area contributed by atoms with E-state index in [4.69, 9.17) is 4.74 Å². The van der Waals surface area contributed by atoms with Crippen LogP contribution in [0.2, 0.25) is 0 Å². The molecular formula is C17H17NO2. The standard InChI is InChI=1S/C17H17NO2/c1-12-7-8-13(2)14(11-12)17(19)18-9-10-20-16-6-4-3-5-15(16)18/h3-8,11H,9-10H2,1-2H3. The molecule has 2 aromatic carbocycles. The van der Waals surface area contributed by atoms with Crippen molar-refractivity contribution in [3.8, 4) is 5.75 Å². The summed E-state index contributed by atoms with van der Waals surface area (Å²) in [5, 5.41) is 0. The molecule has 3 nitrogen and oxygen atoms in total. The maximum Gasteiger partial charge on any atom is 0.258 e. The zero-order chi connectivity index (χ0) is 14.1. The molecule has 20 heavy (non-hydrogen) atoms. The van der Waals surface area contributed by atoms with Crippen LogP contribution in [0.15, 0.2) is 42.5 Å². The molecule has 0 aromatic heterocycles. The second-order valence-electron chi connectivity index (χ2n) is 5.09. The molecule has 1 amide bonds. The van der Waals surface area contributed by atoms with Crippen LogP contribution in [0.4, 0.5) is 5.69 Å². The number of para-hydroxylation sites is 2. The van der Waals surface area contributed by atoms with E-state index in [1.54, 1.807) is 4.90 Å². The molecule has 3 rings (SSSR count). The fraction of sp³-hybridized carbons (Fsp3) is 0.235. The molecule has 1 aliphatic heterocycles. The molecule has 3 heteroatoms. The van der Waals surface area contributed by atoms with E-state index >= 15 is 0 Å². The molecule has 102 valence electrons. The van der Waals surface area contributed by atoms with E-state index in [0.717, 1.165) is 28.1 Å². The van der Waals surface area contributed by atoms with Crippen LogP contribution >= 0.6 is 0 Å². The molecule has 0 radical (unpaired) electrons. The van der Waals surface area contributed by atoms with Crippen LogP contribution in [0.1, 0.15) is 21.5 Å². The number of rotatable bonds is 1. The van der Waals surface area contributed by atoms with Crippen molar-refractivity contribution in [3.05, 3.63) is 59.2 Å². The minimum atomic E-state index is 0.0435. The van der Waals surface area contributed by atoms with Gasteiger partial charge in [-0.05, 0) is 37.6 Å². The molecular weight excluding hydrogens is 250 g/mol. The smallest absolute Gasteiger partial charge is 0.258 e. The van der Waals surface area contributed by atoms with Gasteiger partial charge >= 0.3 is 0 Å². The zero-order valence-electron chi connectivity index (χ0n) is 11.7. The fourth-order valence-corrected chi connectivity index (χ4v) is 2.49. The van der Waals surface area contributed by atoms with Crippen LogP contribution in [0.5, 0.6) is 5.75 Å². The van der Waals surface area contributed by atoms with E-state index in [-0.39, 0.29) is 5.91 Å². The lowest BCUT2D eigenvalue weighted by molar-refractivity contribution is 0.0976. The molecule has 1 heterocycles. The Labute approximate surface area is 118 Å². The maximum absolute atomic E-state index is 12.8. The first-order valence-electron chi connectivity index (χ1n) is 6.78. The van der Waals surface area contributed by atoms with Crippen molar-refractivity contribution in [2.45, 2.75) is 13.8 Å². The number of carbonyl (C=O) groups excluding carboxylic acids is 1. The average molecular weight is 267 g/mol. The summed E-state index contributed by atoms with van der Waals surface area (Å²) in [6, 6.07) is 13.7. The van der Waals surface area contributed by atoms with Crippen molar-refractivity contribution in [3.63, 3.8) is 0 Å². The Morgan fingerprint density at radius 1 is 1.15 bits per heavy atom. The third-order valence-electron chi connectivity index (χ3n) is 3.60. The van der Waals surface area contributed by atoms with Crippen molar-refractivity contribution < 1.29 is 9.53 Å². The predicted molar refractivity (Wildman–Crippen MR) is 79.5 cm³/mol. The normalized spacial score (nSPS) is 13.6. The number of aryl methyl sites for hydroxylation is 2. The highest BCUT2D eigenvalue weighted by Crippen LogP contribution is 2.32. The van der Waals surface area contributed by atoms with Crippen LogP contribution in [-0.2, 0) is 0 Å². The first-order valence-corrected chi connectivity index (χ1v) is 6.78. The molecule has 0 saturated heterocycles. The average Bonchev–Trinajstić information content (AvgIpc) is 2.48. The molecule has 0 atom stereocenters. The van der Waals surface area contributed by atoms with Crippen LogP contribution in [0, 0.1) is 13.8 Å². The van der Waals surface area contributed by atoms with Crippen molar-refractivity contribution >= 4 is 11.6 Å². The van der Waals surface area contributed by atoms with E-state index in [1.165, 1.54) is 0 Å². The van der Waals surface area contributed by atoms with Gasteiger partial charge in [0.2, 0.25) is 0 Å². The summed E-state index contributed by atoms with van der Waals surface area (Å²) in [6.45, 7) is 5.10. The number of amides is 1. The molecule has 2 aromatic rings. The van der Waals surface area contributed by atoms with Crippen molar-refractivity contribution in [2.75, 3.05) is 18.1 Å². The fourth-order valence-electron chi connectivity index (χ4n) is 2.49. The molecule has 0 unspecified atom stereocenters. The van der Waals surface area contributed by atoms with Crippen molar-refractivity contribution in [1.82, 2.24) is 0 Å². The van der Waals surface area contributed by atoms with Gasteiger partial charge in [-0.25, -0.2) is 0 Å². The topological polar surface area (TPSA) is 29.5 Å². The number of hydrogen-bond donors (Lipinski definition) is 0. The van der Waals surface area contributed by atoms with Crippen LogP contribution in [0.25, 0.3) is 0 Å². The van der Waals surface area contributed by atoms with Crippen LogP contribution in [-0.4, -0.2) is 19.1 Å². The molecule has 0 fully saturated rings. The summed E-state index contributed by atoms with van der Waals surface area (Å²) in [7, 11) is 0. The molecule has 0 N–H and O–H groups in total. The Kier molecular flexibility index (Phi) is 3.18. The first-order chi connectivity index (χ1) is 9.66. The van der Waals surface area contributed by atoms with Crippen LogP contribution in [0.3, 0.4) is 0 Å². The second-order valence-corrected chi connectivity index (χ2v) is 5.09. The number of anilines is 1. The monoisotopic (exact) mass is 267 g/mol. The Bertz CT molecular complexity index is 664. The largest absolute Gasteiger partial charge is 0.490 e. The van der Waals surface area contributed by atoms with Crippen LogP contribution < -0.4 is 9.64 Å². The highest BCUT2D eigenvalue weighted by atomic mass is 16.5. The zero-order valence-corrected chi connectivity index (χ0v) is 11.7. The summed E-state index contributed by atoms with van der Waals surface area (Å²) >= 11 is 0. The van der Waals surface area contributed by atoms with Gasteiger partial charge in [0.05, 0.1) is 12.2 Å². The predicted octanol–water partition coefficient (Wildman–Crippen LogP) is 3.34. The number of ether oxygens (including phenoxy) is 1. The Morgan fingerprint density at radius 3 is 2.80 bits per heavy atom. The lowest BCUT2D eigenvalue weighted by atomic mass is 10.0. The minimum absolute atomic E-state index is 0.0435. The summed E-state index contributed by atoms with van der Waals surface area (Å²) in [6.07, 6.45) is 0. The van der Waals surface area contributed by atoms with E-state index < -0.39 is 0 Å². The number of hydrogen-bond acceptors (Lipinski definition) is 2. The Balaban J connectivity index is 2.02. The van der Waals surface area contributed by atoms with Gasteiger partial charge in [0.15, 0.2) is 0 Å². The first kappa shape index (κ1) is 12.7. The van der Waals surface area contributed by atoms with E-state index in [2.05, 4.69) is 0 Å². The van der Waals surface area contributed by atoms with Crippen molar-refractivity contribution in [1.29, 1.82) is 0 Å². The number of benzene rings is 2. The molecule has 0 bridgehead atoms. The van der Waals surface area contributed by atoms with Gasteiger partial charge in [-0.15, -0.1) is 0 Å². The van der Waals surface area contributed by atoms with Gasteiger partial charge in [-0.1, -0.05) is 29.8 Å². The number of nitrogens with zero attached hydrogens (tertiary/aromatic N) is 1. The lowest BCUT2D eigenvalue weighted by Gasteiger charge is -2.30. The SMILES string of the molecule is Cc1ccc(C)c(C(=O)N2CCOc3ccccc32)c1. The van der Waals surface area contributed by atoms with E-state index in [9.17, 15) is 4.79 Å². The number of fused-ring (bicyclic) bond motifs is 1. The second kappa shape index (κ2) is 5.00. The summed E-state index contributed by atoms with van der Waals surface area (Å²) in [4.78, 5) is 14.6. The molecule has 1 aliphatic rings. The van der Waals surface area contributed by atoms with E-state index in [1.807, 2.05) is 56.3 Å². The number of carbonyl (C=O) groups is 1. The molecule has 0 saturated carbocycles. The third-order valence-corrected chi connectivity index (χ3v) is 3.60. The lowest BCUT2D eigenvalue weighted by Crippen LogP contribution is -2.38. The Hall–Kier alpha value is -2.29. The Morgan fingerprint density at radius 2 is 1.95 bits per heavy atom. The summed E-state index contributed by atoms with van der Waals surface area (Å²) in [5.41, 5.74) is 3.72. The summed E-state index contributed by atoms with van der Waals surface area (Å²) < 4.78 is 5.60. The van der Waals surface area contributed by atoms with Crippen molar-refractivity contribution in [2.24, 2.45) is 0 Å². The van der Waals surface area contributed by atoms with Gasteiger partial charge < -0.3 is 9.64 Å². The third kappa shape index (κ3) is 2.16. The highest BCUT2D eigenvalue weighted by Gasteiger charge is 2.25. The minimum Gasteiger partial charge on any atom is -0.490 e. The van der Waals surface area contributed by atoms with Gasteiger partial charge in [0.25, 0.3) is 5.91 Å². The maximum atomic E-state index is 12.8. The quantitative estimate of drug-likeness (QED) is 0.793. The van der Waals surface area contributed by atoms with Gasteiger partial charge in [-0.2, -0.15) is 0 Å². The van der Waals surface area contributed by atoms with Gasteiger partial charge in [0.1, 0.15) is 12.4 Å². The summed E-state index contributed by atoms with van der Waals surface area (Å²) in [5.74, 6) is 0.819. The highest BCUT2D eigenvalue weighted by molar-refractivity contribution is 6.08. The van der Waals surface area contributed by atoms with E-state index in [0.29, 0.717) is 13.2 Å². The molecule has 0 aliphatic carbocycles. The molecule has 0 spiro atoms. The van der Waals surface area contributed by atoms with Gasteiger partial charge in [0, 0.05) is 5.56 Å². The van der Waals surface area contributed by atoms with Gasteiger partial charge in [-0.3, -0.25) is 4.79 Å².